The number of primary amides is 1. The molecule has 2 N–H and O–H groups in total. The van der Waals surface area contributed by atoms with Gasteiger partial charge in [-0.05, 0) is 24.1 Å². The Hall–Kier alpha value is -1.80. The second kappa shape index (κ2) is 8.93. The van der Waals surface area contributed by atoms with E-state index in [2.05, 4.69) is 15.9 Å². The van der Waals surface area contributed by atoms with Crippen molar-refractivity contribution in [1.29, 1.82) is 5.26 Å². The van der Waals surface area contributed by atoms with E-state index in [1.807, 2.05) is 0 Å². The molecule has 0 saturated carbocycles. The zero-order chi connectivity index (χ0) is 21.0. The average Bonchev–Trinajstić information content (AvgIpc) is 2.51. The highest BCUT2D eigenvalue weighted by atomic mass is 79.9. The van der Waals surface area contributed by atoms with Crippen LogP contribution in [0, 0.1) is 17.2 Å². The molecule has 0 aliphatic carbocycles. The number of nitrogens with two attached hydrogens (primary N) is 1. The second-order valence-electron chi connectivity index (χ2n) is 5.92. The first-order valence-corrected chi connectivity index (χ1v) is 8.39. The number of nitrogens with zero attached hydrogens (tertiary/aromatic N) is 2. The summed E-state index contributed by atoms with van der Waals surface area (Å²) in [5.74, 6) is -3.46. The van der Waals surface area contributed by atoms with Crippen LogP contribution < -0.4 is 5.73 Å². The van der Waals surface area contributed by atoms with Gasteiger partial charge in [0.05, 0.1) is 24.6 Å². The minimum Gasteiger partial charge on any atom is -0.368 e. The molecule has 0 aromatic heterocycles. The molecule has 1 rings (SSSR count). The van der Waals surface area contributed by atoms with Crippen molar-refractivity contribution in [1.82, 2.24) is 4.90 Å². The standard InChI is InChI=1S/C16H16BrF6N3O/c1-9(15(18,19)20)8-12(14(25)27)26(7-6-24)13(16(21,22)23)10-2-4-11(17)5-3-10/h2-5,9,12-13H,7-8H2,1H3,(H2,25,27)/t9-,12-,13-/m0/s1. The molecule has 1 aromatic carbocycles. The summed E-state index contributed by atoms with van der Waals surface area (Å²) in [6.07, 6.45) is -10.7. The molecule has 0 unspecified atom stereocenters. The highest BCUT2D eigenvalue weighted by Gasteiger charge is 2.49. The van der Waals surface area contributed by atoms with Crippen molar-refractivity contribution in [3.05, 3.63) is 34.3 Å². The number of halogens is 7. The lowest BCUT2D eigenvalue weighted by Crippen LogP contribution is -2.52. The van der Waals surface area contributed by atoms with Crippen molar-refractivity contribution in [3.8, 4) is 6.07 Å². The lowest BCUT2D eigenvalue weighted by atomic mass is 9.95. The van der Waals surface area contributed by atoms with E-state index in [0.717, 1.165) is 19.1 Å². The zero-order valence-corrected chi connectivity index (χ0v) is 15.6. The Bertz CT molecular complexity index is 683. The van der Waals surface area contributed by atoms with Crippen LogP contribution in [0.2, 0.25) is 0 Å². The first kappa shape index (κ1) is 23.2. The van der Waals surface area contributed by atoms with E-state index in [0.29, 0.717) is 9.37 Å². The fourth-order valence-electron chi connectivity index (χ4n) is 2.56. The molecule has 150 valence electrons. The molecular weight excluding hydrogens is 444 g/mol. The van der Waals surface area contributed by atoms with Crippen LogP contribution in [-0.4, -0.2) is 35.7 Å². The smallest absolute Gasteiger partial charge is 0.368 e. The summed E-state index contributed by atoms with van der Waals surface area (Å²) >= 11 is 3.07. The second-order valence-corrected chi connectivity index (χ2v) is 6.84. The van der Waals surface area contributed by atoms with Gasteiger partial charge >= 0.3 is 12.4 Å². The maximum Gasteiger partial charge on any atom is 0.408 e. The Morgan fingerprint density at radius 3 is 2.07 bits per heavy atom. The van der Waals surface area contributed by atoms with Crippen LogP contribution in [0.15, 0.2) is 28.7 Å². The number of alkyl halides is 6. The average molecular weight is 460 g/mol. The fourth-order valence-corrected chi connectivity index (χ4v) is 2.82. The normalized spacial score (nSPS) is 15.9. The summed E-state index contributed by atoms with van der Waals surface area (Å²) in [6.45, 7) is -0.193. The Balaban J connectivity index is 3.42. The minimum atomic E-state index is -4.96. The maximum absolute atomic E-state index is 13.7. The molecule has 27 heavy (non-hydrogen) atoms. The van der Waals surface area contributed by atoms with Gasteiger partial charge < -0.3 is 5.73 Å². The minimum absolute atomic E-state index is 0.327. The van der Waals surface area contributed by atoms with E-state index in [1.54, 1.807) is 0 Å². The first-order chi connectivity index (χ1) is 12.3. The number of nitriles is 1. The molecule has 0 radical (unpaired) electrons. The number of benzene rings is 1. The molecule has 0 fully saturated rings. The predicted molar refractivity (Wildman–Crippen MR) is 88.1 cm³/mol. The highest BCUT2D eigenvalue weighted by molar-refractivity contribution is 9.10. The largest absolute Gasteiger partial charge is 0.408 e. The highest BCUT2D eigenvalue weighted by Crippen LogP contribution is 2.41. The van der Waals surface area contributed by atoms with E-state index in [-0.39, 0.29) is 5.56 Å². The van der Waals surface area contributed by atoms with Crippen molar-refractivity contribution < 1.29 is 31.1 Å². The van der Waals surface area contributed by atoms with Gasteiger partial charge in [0.1, 0.15) is 6.04 Å². The van der Waals surface area contributed by atoms with Gasteiger partial charge in [-0.3, -0.25) is 9.69 Å². The third kappa shape index (κ3) is 6.39. The van der Waals surface area contributed by atoms with Crippen LogP contribution in [0.3, 0.4) is 0 Å². The van der Waals surface area contributed by atoms with E-state index in [1.165, 1.54) is 18.2 Å². The van der Waals surface area contributed by atoms with E-state index in [9.17, 15) is 31.1 Å². The van der Waals surface area contributed by atoms with Gasteiger partial charge in [-0.15, -0.1) is 0 Å². The van der Waals surface area contributed by atoms with Crippen molar-refractivity contribution in [2.24, 2.45) is 11.7 Å². The molecule has 4 nitrogen and oxygen atoms in total. The lowest BCUT2D eigenvalue weighted by Gasteiger charge is -2.37. The van der Waals surface area contributed by atoms with Crippen LogP contribution >= 0.6 is 15.9 Å². The summed E-state index contributed by atoms with van der Waals surface area (Å²) < 4.78 is 80.3. The summed E-state index contributed by atoms with van der Waals surface area (Å²) in [5, 5.41) is 8.93. The van der Waals surface area contributed by atoms with E-state index in [4.69, 9.17) is 11.0 Å². The summed E-state index contributed by atoms with van der Waals surface area (Å²) in [7, 11) is 0. The monoisotopic (exact) mass is 459 g/mol. The molecule has 1 aromatic rings. The summed E-state index contributed by atoms with van der Waals surface area (Å²) in [6, 6.07) is 1.92. The number of hydrogen-bond acceptors (Lipinski definition) is 3. The first-order valence-electron chi connectivity index (χ1n) is 7.60. The van der Waals surface area contributed by atoms with Crippen molar-refractivity contribution >= 4 is 21.8 Å². The number of rotatable bonds is 7. The van der Waals surface area contributed by atoms with Crippen LogP contribution in [0.4, 0.5) is 26.3 Å². The number of carbonyl (C=O) groups is 1. The van der Waals surface area contributed by atoms with Crippen LogP contribution in [0.25, 0.3) is 0 Å². The SMILES string of the molecule is C[C@@H](C[C@@H](C(N)=O)N(CC#N)[C@@H](c1ccc(Br)cc1)C(F)(F)F)C(F)(F)F. The Kier molecular flexibility index (Phi) is 7.68. The summed E-state index contributed by atoms with van der Waals surface area (Å²) in [5.41, 5.74) is 4.78. The molecule has 3 atom stereocenters. The van der Waals surface area contributed by atoms with Crippen LogP contribution in [0.1, 0.15) is 24.9 Å². The number of carbonyl (C=O) groups excluding carboxylic acids is 1. The number of hydrogen-bond donors (Lipinski definition) is 1. The van der Waals surface area contributed by atoms with E-state index >= 15 is 0 Å². The zero-order valence-electron chi connectivity index (χ0n) is 14.0. The van der Waals surface area contributed by atoms with Gasteiger partial charge in [0, 0.05) is 4.47 Å². The van der Waals surface area contributed by atoms with Gasteiger partial charge in [-0.1, -0.05) is 35.0 Å². The van der Waals surface area contributed by atoms with Gasteiger partial charge in [0.25, 0.3) is 0 Å². The van der Waals surface area contributed by atoms with Gasteiger partial charge in [0.15, 0.2) is 0 Å². The molecular formula is C16H16BrF6N3O. The van der Waals surface area contributed by atoms with Gasteiger partial charge in [0.2, 0.25) is 5.91 Å². The number of amides is 1. The van der Waals surface area contributed by atoms with Crippen molar-refractivity contribution in [2.75, 3.05) is 6.54 Å². The van der Waals surface area contributed by atoms with Gasteiger partial charge in [-0.25, -0.2) is 0 Å². The molecule has 0 bridgehead atoms. The fraction of sp³-hybridized carbons (Fsp3) is 0.500. The molecule has 1 amide bonds. The molecule has 0 heterocycles. The Morgan fingerprint density at radius 2 is 1.70 bits per heavy atom. The van der Waals surface area contributed by atoms with Gasteiger partial charge in [-0.2, -0.15) is 31.6 Å². The van der Waals surface area contributed by atoms with E-state index < -0.39 is 49.2 Å². The quantitative estimate of drug-likeness (QED) is 0.487. The third-order valence-corrected chi connectivity index (χ3v) is 4.47. The lowest BCUT2D eigenvalue weighted by molar-refractivity contribution is -0.198. The summed E-state index contributed by atoms with van der Waals surface area (Å²) in [4.78, 5) is 12.1. The Labute approximate surface area is 160 Å². The predicted octanol–water partition coefficient (Wildman–Crippen LogP) is 4.32. The maximum atomic E-state index is 13.7. The third-order valence-electron chi connectivity index (χ3n) is 3.95. The molecule has 0 aliphatic rings. The van der Waals surface area contributed by atoms with Crippen LogP contribution in [-0.2, 0) is 4.79 Å². The molecule has 0 saturated heterocycles. The Morgan fingerprint density at radius 1 is 1.19 bits per heavy atom. The molecule has 11 heteroatoms. The topological polar surface area (TPSA) is 70.1 Å². The van der Waals surface area contributed by atoms with Crippen molar-refractivity contribution in [3.63, 3.8) is 0 Å². The van der Waals surface area contributed by atoms with Crippen molar-refractivity contribution in [2.45, 2.75) is 37.8 Å². The molecule has 0 spiro atoms. The van der Waals surface area contributed by atoms with Crippen LogP contribution in [0.5, 0.6) is 0 Å². The molecule has 0 aliphatic heterocycles.